The lowest BCUT2D eigenvalue weighted by molar-refractivity contribution is -0.135. The maximum Gasteiger partial charge on any atom is 0.239 e. The second-order valence-corrected chi connectivity index (χ2v) is 5.85. The van der Waals surface area contributed by atoms with Crippen LogP contribution in [0, 0.1) is 5.92 Å². The van der Waals surface area contributed by atoms with E-state index in [9.17, 15) is 9.59 Å². The van der Waals surface area contributed by atoms with Gasteiger partial charge in [-0.2, -0.15) is 0 Å². The van der Waals surface area contributed by atoms with Crippen molar-refractivity contribution in [1.82, 2.24) is 4.90 Å². The number of amides is 2. The van der Waals surface area contributed by atoms with E-state index in [4.69, 9.17) is 5.73 Å². The van der Waals surface area contributed by atoms with Crippen LogP contribution in [-0.4, -0.2) is 35.8 Å². The highest BCUT2D eigenvalue weighted by molar-refractivity contribution is 5.92. The van der Waals surface area contributed by atoms with Gasteiger partial charge in [0.25, 0.3) is 0 Å². The van der Waals surface area contributed by atoms with Gasteiger partial charge in [0.15, 0.2) is 0 Å². The number of carbonyl (C=O) groups excluding carboxylic acids is 2. The topological polar surface area (TPSA) is 75.4 Å². The van der Waals surface area contributed by atoms with Gasteiger partial charge in [-0.15, -0.1) is 0 Å². The Kier molecular flexibility index (Phi) is 5.95. The van der Waals surface area contributed by atoms with Gasteiger partial charge in [0.05, 0.1) is 6.04 Å². The number of anilines is 1. The molecule has 0 aromatic heterocycles. The van der Waals surface area contributed by atoms with E-state index in [1.165, 1.54) is 0 Å². The summed E-state index contributed by atoms with van der Waals surface area (Å²) in [6.07, 6.45) is 3.02. The first-order chi connectivity index (χ1) is 10.6. The summed E-state index contributed by atoms with van der Waals surface area (Å²) in [5.41, 5.74) is 6.70. The molecule has 5 nitrogen and oxygen atoms in total. The Morgan fingerprint density at radius 3 is 2.50 bits per heavy atom. The van der Waals surface area contributed by atoms with Crippen molar-refractivity contribution in [2.24, 2.45) is 11.7 Å². The van der Waals surface area contributed by atoms with Crippen LogP contribution in [0.5, 0.6) is 0 Å². The van der Waals surface area contributed by atoms with Gasteiger partial charge in [-0.3, -0.25) is 9.59 Å². The molecular formula is C17H25N3O2. The Balaban J connectivity index is 1.81. The normalized spacial score (nSPS) is 17.1. The summed E-state index contributed by atoms with van der Waals surface area (Å²) >= 11 is 0. The molecule has 2 amide bonds. The molecule has 1 saturated heterocycles. The fourth-order valence-corrected chi connectivity index (χ4v) is 2.80. The second-order valence-electron chi connectivity index (χ2n) is 5.85. The van der Waals surface area contributed by atoms with Gasteiger partial charge < -0.3 is 16.0 Å². The van der Waals surface area contributed by atoms with E-state index >= 15 is 0 Å². The lowest BCUT2D eigenvalue weighted by atomic mass is 9.95. The van der Waals surface area contributed by atoms with Gasteiger partial charge in [0.2, 0.25) is 11.8 Å². The SMILES string of the molecule is CCCC(N)C(=O)N1CCC(C(=O)Nc2ccccc2)CC1. The standard InChI is InChI=1S/C17H25N3O2/c1-2-6-15(18)17(22)20-11-9-13(10-12-20)16(21)19-14-7-4-3-5-8-14/h3-5,7-8,13,15H,2,6,9-12,18H2,1H3,(H,19,21). The van der Waals surface area contributed by atoms with E-state index in [0.29, 0.717) is 32.4 Å². The predicted octanol–water partition coefficient (Wildman–Crippen LogP) is 1.99. The Bertz CT molecular complexity index is 496. The van der Waals surface area contributed by atoms with Gasteiger partial charge in [0, 0.05) is 24.7 Å². The molecule has 120 valence electrons. The molecule has 22 heavy (non-hydrogen) atoms. The molecule has 5 heteroatoms. The zero-order chi connectivity index (χ0) is 15.9. The van der Waals surface area contributed by atoms with Gasteiger partial charge in [-0.25, -0.2) is 0 Å². The van der Waals surface area contributed by atoms with Crippen LogP contribution in [0.1, 0.15) is 32.6 Å². The van der Waals surface area contributed by atoms with E-state index in [0.717, 1.165) is 12.1 Å². The zero-order valence-electron chi connectivity index (χ0n) is 13.1. The number of nitrogens with two attached hydrogens (primary N) is 1. The van der Waals surface area contributed by atoms with Gasteiger partial charge in [-0.1, -0.05) is 31.5 Å². The van der Waals surface area contributed by atoms with Gasteiger partial charge in [-0.05, 0) is 31.4 Å². The Morgan fingerprint density at radius 1 is 1.27 bits per heavy atom. The monoisotopic (exact) mass is 303 g/mol. The minimum atomic E-state index is -0.403. The minimum Gasteiger partial charge on any atom is -0.341 e. The Hall–Kier alpha value is -1.88. The molecular weight excluding hydrogens is 278 g/mol. The fraction of sp³-hybridized carbons (Fsp3) is 0.529. The number of piperidine rings is 1. The van der Waals surface area contributed by atoms with Crippen molar-refractivity contribution in [1.29, 1.82) is 0 Å². The van der Waals surface area contributed by atoms with Crippen molar-refractivity contribution in [3.05, 3.63) is 30.3 Å². The lowest BCUT2D eigenvalue weighted by Crippen LogP contribution is -2.48. The van der Waals surface area contributed by atoms with Crippen LogP contribution < -0.4 is 11.1 Å². The molecule has 1 heterocycles. The third-order valence-corrected chi connectivity index (χ3v) is 4.14. The number of benzene rings is 1. The van der Waals surface area contributed by atoms with Crippen LogP contribution in [0.15, 0.2) is 30.3 Å². The summed E-state index contributed by atoms with van der Waals surface area (Å²) in [6, 6.07) is 9.05. The number of para-hydroxylation sites is 1. The first-order valence-electron chi connectivity index (χ1n) is 8.02. The van der Waals surface area contributed by atoms with Crippen molar-refractivity contribution in [2.75, 3.05) is 18.4 Å². The van der Waals surface area contributed by atoms with Crippen molar-refractivity contribution < 1.29 is 9.59 Å². The van der Waals surface area contributed by atoms with Crippen molar-refractivity contribution in [2.45, 2.75) is 38.6 Å². The average molecular weight is 303 g/mol. The fourth-order valence-electron chi connectivity index (χ4n) is 2.80. The minimum absolute atomic E-state index is 0.0174. The van der Waals surface area contributed by atoms with E-state index < -0.39 is 6.04 Å². The van der Waals surface area contributed by atoms with E-state index in [2.05, 4.69) is 5.32 Å². The molecule has 1 aromatic carbocycles. The molecule has 0 bridgehead atoms. The molecule has 1 atom stereocenters. The second kappa shape index (κ2) is 7.94. The van der Waals surface area contributed by atoms with E-state index in [1.807, 2.05) is 37.3 Å². The maximum absolute atomic E-state index is 12.2. The van der Waals surface area contributed by atoms with Crippen LogP contribution in [0.3, 0.4) is 0 Å². The summed E-state index contributed by atoms with van der Waals surface area (Å²) < 4.78 is 0. The number of hydrogen-bond donors (Lipinski definition) is 2. The molecule has 1 aromatic rings. The number of likely N-dealkylation sites (tertiary alicyclic amines) is 1. The van der Waals surface area contributed by atoms with Crippen LogP contribution >= 0.6 is 0 Å². The van der Waals surface area contributed by atoms with Gasteiger partial charge >= 0.3 is 0 Å². The summed E-state index contributed by atoms with van der Waals surface area (Å²) in [7, 11) is 0. The summed E-state index contributed by atoms with van der Waals surface area (Å²) in [5.74, 6) is 0.0200. The summed E-state index contributed by atoms with van der Waals surface area (Å²) in [5, 5.41) is 2.93. The maximum atomic E-state index is 12.2. The molecule has 2 rings (SSSR count). The number of nitrogens with zero attached hydrogens (tertiary/aromatic N) is 1. The number of nitrogens with one attached hydrogen (secondary N) is 1. The number of rotatable bonds is 5. The van der Waals surface area contributed by atoms with Crippen molar-refractivity contribution in [3.8, 4) is 0 Å². The highest BCUT2D eigenvalue weighted by Gasteiger charge is 2.29. The summed E-state index contributed by atoms with van der Waals surface area (Å²) in [6.45, 7) is 3.25. The van der Waals surface area contributed by atoms with E-state index in [1.54, 1.807) is 4.90 Å². The van der Waals surface area contributed by atoms with Gasteiger partial charge in [0.1, 0.15) is 0 Å². The predicted molar refractivity (Wildman–Crippen MR) is 87.3 cm³/mol. The molecule has 1 fully saturated rings. The van der Waals surface area contributed by atoms with Crippen LogP contribution in [0.25, 0.3) is 0 Å². The third kappa shape index (κ3) is 4.31. The molecule has 3 N–H and O–H groups in total. The van der Waals surface area contributed by atoms with Crippen molar-refractivity contribution in [3.63, 3.8) is 0 Å². The van der Waals surface area contributed by atoms with Crippen LogP contribution in [0.4, 0.5) is 5.69 Å². The van der Waals surface area contributed by atoms with Crippen LogP contribution in [0.2, 0.25) is 0 Å². The molecule has 1 unspecified atom stereocenters. The molecule has 0 radical (unpaired) electrons. The highest BCUT2D eigenvalue weighted by atomic mass is 16.2. The average Bonchev–Trinajstić information content (AvgIpc) is 2.55. The lowest BCUT2D eigenvalue weighted by Gasteiger charge is -2.33. The quantitative estimate of drug-likeness (QED) is 0.873. The molecule has 0 aliphatic carbocycles. The Morgan fingerprint density at radius 2 is 1.91 bits per heavy atom. The first kappa shape index (κ1) is 16.5. The smallest absolute Gasteiger partial charge is 0.239 e. The van der Waals surface area contributed by atoms with E-state index in [-0.39, 0.29) is 17.7 Å². The third-order valence-electron chi connectivity index (χ3n) is 4.14. The number of hydrogen-bond acceptors (Lipinski definition) is 3. The number of carbonyl (C=O) groups is 2. The summed E-state index contributed by atoms with van der Waals surface area (Å²) in [4.78, 5) is 26.2. The molecule has 0 spiro atoms. The highest BCUT2D eigenvalue weighted by Crippen LogP contribution is 2.20. The largest absolute Gasteiger partial charge is 0.341 e. The molecule has 1 aliphatic rings. The zero-order valence-corrected chi connectivity index (χ0v) is 13.1. The first-order valence-corrected chi connectivity index (χ1v) is 8.02. The molecule has 1 aliphatic heterocycles. The molecule has 0 saturated carbocycles. The van der Waals surface area contributed by atoms with Crippen molar-refractivity contribution >= 4 is 17.5 Å². The Labute approximate surface area is 131 Å². The van der Waals surface area contributed by atoms with Crippen LogP contribution in [-0.2, 0) is 9.59 Å².